The maximum atomic E-state index is 12.3. The summed E-state index contributed by atoms with van der Waals surface area (Å²) in [5, 5.41) is 0. The number of rotatable bonds is 3. The Morgan fingerprint density at radius 1 is 1.29 bits per heavy atom. The third-order valence-corrected chi connectivity index (χ3v) is 5.59. The fourth-order valence-corrected chi connectivity index (χ4v) is 4.20. The minimum Gasteiger partial charge on any atom is -0.207 e. The first-order valence-electron chi connectivity index (χ1n) is 5.50. The number of alkyl halides is 1. The third kappa shape index (κ3) is 2.66. The molecule has 2 rings (SSSR count). The van der Waals surface area contributed by atoms with Gasteiger partial charge in [0.25, 0.3) is 0 Å². The summed E-state index contributed by atoms with van der Waals surface area (Å²) in [6.45, 7) is 6.70. The predicted molar refractivity (Wildman–Crippen MR) is 77.0 cm³/mol. The van der Waals surface area contributed by atoms with Crippen LogP contribution in [0.1, 0.15) is 19.4 Å². The molecule has 3 nitrogen and oxygen atoms in total. The maximum Gasteiger partial charge on any atom is 0.243 e. The second-order valence-electron chi connectivity index (χ2n) is 4.97. The van der Waals surface area contributed by atoms with Gasteiger partial charge in [0.05, 0.1) is 10.9 Å². The van der Waals surface area contributed by atoms with Crippen LogP contribution in [0.5, 0.6) is 0 Å². The summed E-state index contributed by atoms with van der Waals surface area (Å²) < 4.78 is 26.1. The quantitative estimate of drug-likeness (QED) is 0.469. The van der Waals surface area contributed by atoms with E-state index >= 15 is 0 Å². The number of hydrogen-bond donors (Lipinski definition) is 0. The first kappa shape index (κ1) is 13.3. The molecule has 1 aliphatic rings. The number of halogens is 1. The molecule has 0 amide bonds. The van der Waals surface area contributed by atoms with Gasteiger partial charge in [0, 0.05) is 9.97 Å². The van der Waals surface area contributed by atoms with Crippen molar-refractivity contribution in [1.82, 2.24) is 4.31 Å². The number of nitrogens with zero attached hydrogens (tertiary/aromatic N) is 1. The van der Waals surface area contributed by atoms with Crippen LogP contribution in [-0.4, -0.2) is 28.7 Å². The van der Waals surface area contributed by atoms with Crippen molar-refractivity contribution >= 4 is 32.6 Å². The third-order valence-electron chi connectivity index (χ3n) is 2.99. The molecule has 0 N–H and O–H groups in total. The van der Waals surface area contributed by atoms with Crippen LogP contribution < -0.4 is 0 Å². The minimum atomic E-state index is -3.29. The van der Waals surface area contributed by atoms with E-state index in [0.29, 0.717) is 11.4 Å². The summed E-state index contributed by atoms with van der Waals surface area (Å²) in [6, 6.07) is 7.15. The first-order chi connectivity index (χ1) is 7.73. The number of benzene rings is 1. The van der Waals surface area contributed by atoms with E-state index in [-0.39, 0.29) is 9.46 Å². The van der Waals surface area contributed by atoms with Gasteiger partial charge in [-0.15, -0.1) is 0 Å². The summed E-state index contributed by atoms with van der Waals surface area (Å²) in [4.78, 5) is 0.395. The zero-order valence-electron chi connectivity index (χ0n) is 10.1. The molecular weight excluding hydrogens is 349 g/mol. The van der Waals surface area contributed by atoms with Gasteiger partial charge >= 0.3 is 0 Å². The lowest BCUT2D eigenvalue weighted by molar-refractivity contribution is 0.538. The Morgan fingerprint density at radius 3 is 2.24 bits per heavy atom. The number of hydrogen-bond acceptors (Lipinski definition) is 2. The van der Waals surface area contributed by atoms with E-state index in [0.717, 1.165) is 5.56 Å². The van der Waals surface area contributed by atoms with Crippen molar-refractivity contribution in [1.29, 1.82) is 0 Å². The van der Waals surface area contributed by atoms with E-state index in [1.54, 1.807) is 16.4 Å². The van der Waals surface area contributed by atoms with Crippen LogP contribution in [0.2, 0.25) is 0 Å². The highest BCUT2D eigenvalue weighted by Crippen LogP contribution is 2.39. The van der Waals surface area contributed by atoms with Crippen LogP contribution in [-0.2, 0) is 10.0 Å². The Balaban J connectivity index is 2.25. The molecule has 2 atom stereocenters. The first-order valence-corrected chi connectivity index (χ1v) is 8.02. The van der Waals surface area contributed by atoms with Gasteiger partial charge in [-0.25, -0.2) is 8.42 Å². The lowest BCUT2D eigenvalue weighted by Gasteiger charge is -2.16. The average Bonchev–Trinajstić information content (AvgIpc) is 2.96. The molecule has 5 heteroatoms. The van der Waals surface area contributed by atoms with Crippen molar-refractivity contribution in [2.45, 2.75) is 35.1 Å². The summed E-state index contributed by atoms with van der Waals surface area (Å²) in [6.07, 6.45) is 0. The Hall–Kier alpha value is -0.140. The van der Waals surface area contributed by atoms with Crippen molar-refractivity contribution in [3.8, 4) is 0 Å². The average molecular weight is 365 g/mol. The molecule has 0 bridgehead atoms. The SMILES string of the molecule is Cc1ccc(S(=O)(=O)N2CC2C(C)(C)I)cc1. The van der Waals surface area contributed by atoms with Crippen molar-refractivity contribution in [2.24, 2.45) is 0 Å². The number of aryl methyl sites for hydroxylation is 1. The fraction of sp³-hybridized carbons (Fsp3) is 0.500. The van der Waals surface area contributed by atoms with Crippen LogP contribution >= 0.6 is 22.6 Å². The Bertz CT molecular complexity index is 516. The van der Waals surface area contributed by atoms with Crippen molar-refractivity contribution < 1.29 is 8.42 Å². The molecule has 1 heterocycles. The molecule has 1 aromatic rings. The molecular formula is C12H16INO2S. The van der Waals surface area contributed by atoms with E-state index in [1.807, 2.05) is 19.1 Å². The maximum absolute atomic E-state index is 12.3. The van der Waals surface area contributed by atoms with Crippen LogP contribution in [0.15, 0.2) is 29.2 Å². The fourth-order valence-electron chi connectivity index (χ4n) is 1.79. The van der Waals surface area contributed by atoms with Crippen LogP contribution in [0, 0.1) is 6.92 Å². The van der Waals surface area contributed by atoms with E-state index in [1.165, 1.54) is 0 Å². The van der Waals surface area contributed by atoms with Crippen molar-refractivity contribution in [2.75, 3.05) is 6.54 Å². The monoisotopic (exact) mass is 365 g/mol. The highest BCUT2D eigenvalue weighted by atomic mass is 127. The van der Waals surface area contributed by atoms with Gasteiger partial charge in [-0.2, -0.15) is 4.31 Å². The van der Waals surface area contributed by atoms with Gasteiger partial charge in [0.1, 0.15) is 0 Å². The van der Waals surface area contributed by atoms with Gasteiger partial charge in [-0.05, 0) is 32.9 Å². The molecule has 0 radical (unpaired) electrons. The van der Waals surface area contributed by atoms with Gasteiger partial charge in [0.2, 0.25) is 10.0 Å². The predicted octanol–water partition coefficient (Wildman–Crippen LogP) is 2.58. The van der Waals surface area contributed by atoms with E-state index < -0.39 is 10.0 Å². The molecule has 2 unspecified atom stereocenters. The molecule has 0 aromatic heterocycles. The normalized spacial score (nSPS) is 24.7. The molecule has 94 valence electrons. The van der Waals surface area contributed by atoms with Gasteiger partial charge in [0.15, 0.2) is 0 Å². The smallest absolute Gasteiger partial charge is 0.207 e. The summed E-state index contributed by atoms with van der Waals surface area (Å²) in [5.41, 5.74) is 1.07. The molecule has 1 saturated heterocycles. The minimum absolute atomic E-state index is 0.0183. The second kappa shape index (κ2) is 4.20. The summed E-state index contributed by atoms with van der Waals surface area (Å²) in [7, 11) is -3.29. The number of sulfonamides is 1. The molecule has 1 aromatic carbocycles. The molecule has 1 fully saturated rings. The van der Waals surface area contributed by atoms with Gasteiger partial charge < -0.3 is 0 Å². The topological polar surface area (TPSA) is 37.1 Å². The van der Waals surface area contributed by atoms with Crippen LogP contribution in [0.25, 0.3) is 0 Å². The van der Waals surface area contributed by atoms with E-state index in [2.05, 4.69) is 36.4 Å². The highest BCUT2D eigenvalue weighted by molar-refractivity contribution is 14.1. The summed E-state index contributed by atoms with van der Waals surface area (Å²) in [5.74, 6) is 0. The standard InChI is InChI=1S/C12H16INO2S/c1-9-4-6-10(7-5-9)17(15,16)14-8-11(14)12(2,3)13/h4-7,11H,8H2,1-3H3. The largest absolute Gasteiger partial charge is 0.243 e. The van der Waals surface area contributed by atoms with Gasteiger partial charge in [-0.3, -0.25) is 0 Å². The van der Waals surface area contributed by atoms with E-state index in [4.69, 9.17) is 0 Å². The molecule has 1 aliphatic heterocycles. The van der Waals surface area contributed by atoms with Crippen LogP contribution in [0.3, 0.4) is 0 Å². The van der Waals surface area contributed by atoms with Crippen molar-refractivity contribution in [3.63, 3.8) is 0 Å². The van der Waals surface area contributed by atoms with Crippen LogP contribution in [0.4, 0.5) is 0 Å². The zero-order chi connectivity index (χ0) is 12.8. The summed E-state index contributed by atoms with van der Waals surface area (Å²) >= 11 is 2.30. The molecule has 17 heavy (non-hydrogen) atoms. The molecule has 0 aliphatic carbocycles. The zero-order valence-corrected chi connectivity index (χ0v) is 13.1. The highest BCUT2D eigenvalue weighted by Gasteiger charge is 2.51. The Kier molecular flexibility index (Phi) is 3.29. The Labute approximate surface area is 116 Å². The second-order valence-corrected chi connectivity index (χ2v) is 9.64. The van der Waals surface area contributed by atoms with Gasteiger partial charge in [-0.1, -0.05) is 40.3 Å². The lowest BCUT2D eigenvalue weighted by atomic mass is 10.1. The van der Waals surface area contributed by atoms with E-state index in [9.17, 15) is 8.42 Å². The van der Waals surface area contributed by atoms with Crippen molar-refractivity contribution in [3.05, 3.63) is 29.8 Å². The molecule has 0 saturated carbocycles. The molecule has 0 spiro atoms. The Morgan fingerprint density at radius 2 is 1.82 bits per heavy atom. The lowest BCUT2D eigenvalue weighted by Crippen LogP contribution is -2.25.